The standard InChI is InChI=1S/C23H26N2O2/c26-23(24-13-15-27-16-14-24)12-6-9-20-18-25(17-19-7-2-1-3-8-19)22-11-5-4-10-21(20)22/h1-5,7-8,10-11,18H,6,9,12-17H2. The number of aryl methyl sites for hydroxylation is 1. The maximum Gasteiger partial charge on any atom is 0.222 e. The first-order chi connectivity index (χ1) is 13.3. The predicted molar refractivity (Wildman–Crippen MR) is 108 cm³/mol. The second-order valence-corrected chi connectivity index (χ2v) is 7.13. The van der Waals surface area contributed by atoms with Gasteiger partial charge in [-0.1, -0.05) is 48.5 Å². The van der Waals surface area contributed by atoms with Crippen LogP contribution in [0.25, 0.3) is 10.9 Å². The Kier molecular flexibility index (Phi) is 5.54. The maximum absolute atomic E-state index is 12.4. The molecule has 1 saturated heterocycles. The van der Waals surface area contributed by atoms with Gasteiger partial charge in [-0.15, -0.1) is 0 Å². The lowest BCUT2D eigenvalue weighted by Crippen LogP contribution is -2.40. The minimum absolute atomic E-state index is 0.256. The number of para-hydroxylation sites is 1. The molecule has 1 fully saturated rings. The van der Waals surface area contributed by atoms with E-state index in [1.54, 1.807) is 0 Å². The molecule has 0 aliphatic carbocycles. The second kappa shape index (κ2) is 8.40. The van der Waals surface area contributed by atoms with Crippen LogP contribution in [0.15, 0.2) is 60.8 Å². The zero-order chi connectivity index (χ0) is 18.5. The molecule has 3 aromatic rings. The maximum atomic E-state index is 12.4. The van der Waals surface area contributed by atoms with Crippen LogP contribution in [-0.2, 0) is 22.5 Å². The highest BCUT2D eigenvalue weighted by Gasteiger charge is 2.16. The van der Waals surface area contributed by atoms with E-state index in [2.05, 4.69) is 59.3 Å². The van der Waals surface area contributed by atoms with Crippen molar-refractivity contribution in [2.24, 2.45) is 0 Å². The molecule has 0 radical (unpaired) electrons. The van der Waals surface area contributed by atoms with Gasteiger partial charge in [0.1, 0.15) is 0 Å². The lowest BCUT2D eigenvalue weighted by atomic mass is 10.1. The molecule has 0 N–H and O–H groups in total. The number of carbonyl (C=O) groups excluding carboxylic acids is 1. The summed E-state index contributed by atoms with van der Waals surface area (Å²) in [5.41, 5.74) is 3.89. The van der Waals surface area contributed by atoms with Crippen LogP contribution in [0, 0.1) is 0 Å². The van der Waals surface area contributed by atoms with Crippen molar-refractivity contribution in [3.63, 3.8) is 0 Å². The van der Waals surface area contributed by atoms with E-state index in [-0.39, 0.29) is 5.91 Å². The summed E-state index contributed by atoms with van der Waals surface area (Å²) < 4.78 is 7.65. The number of aromatic nitrogens is 1. The number of ether oxygens (including phenoxy) is 1. The van der Waals surface area contributed by atoms with Crippen LogP contribution >= 0.6 is 0 Å². The minimum atomic E-state index is 0.256. The first-order valence-electron chi connectivity index (χ1n) is 9.77. The van der Waals surface area contributed by atoms with Crippen molar-refractivity contribution in [3.8, 4) is 0 Å². The Hall–Kier alpha value is -2.59. The average Bonchev–Trinajstić information content (AvgIpc) is 3.07. The summed E-state index contributed by atoms with van der Waals surface area (Å²) >= 11 is 0. The van der Waals surface area contributed by atoms with E-state index < -0.39 is 0 Å². The molecule has 0 unspecified atom stereocenters. The van der Waals surface area contributed by atoms with Gasteiger partial charge in [0.15, 0.2) is 0 Å². The van der Waals surface area contributed by atoms with Crippen molar-refractivity contribution in [2.75, 3.05) is 26.3 Å². The summed E-state index contributed by atoms with van der Waals surface area (Å²) in [4.78, 5) is 14.3. The molecule has 27 heavy (non-hydrogen) atoms. The molecule has 1 amide bonds. The number of carbonyl (C=O) groups is 1. The van der Waals surface area contributed by atoms with Gasteiger partial charge in [0, 0.05) is 43.2 Å². The predicted octanol–water partition coefficient (Wildman–Crippen LogP) is 3.87. The van der Waals surface area contributed by atoms with Gasteiger partial charge >= 0.3 is 0 Å². The van der Waals surface area contributed by atoms with Crippen molar-refractivity contribution >= 4 is 16.8 Å². The zero-order valence-corrected chi connectivity index (χ0v) is 15.6. The number of rotatable bonds is 6. The van der Waals surface area contributed by atoms with Gasteiger partial charge in [-0.2, -0.15) is 0 Å². The number of fused-ring (bicyclic) bond motifs is 1. The molecule has 0 atom stereocenters. The fourth-order valence-corrected chi connectivity index (χ4v) is 3.83. The summed E-state index contributed by atoms with van der Waals surface area (Å²) in [5.74, 6) is 0.256. The Morgan fingerprint density at radius 2 is 1.70 bits per heavy atom. The first kappa shape index (κ1) is 17.8. The van der Waals surface area contributed by atoms with Crippen molar-refractivity contribution in [1.82, 2.24) is 9.47 Å². The van der Waals surface area contributed by atoms with E-state index in [9.17, 15) is 4.79 Å². The molecule has 2 aromatic carbocycles. The van der Waals surface area contributed by atoms with E-state index in [1.165, 1.54) is 22.0 Å². The normalized spacial score (nSPS) is 14.6. The van der Waals surface area contributed by atoms with Gasteiger partial charge in [-0.25, -0.2) is 0 Å². The van der Waals surface area contributed by atoms with Crippen molar-refractivity contribution in [2.45, 2.75) is 25.8 Å². The molecule has 2 heterocycles. The third kappa shape index (κ3) is 4.22. The first-order valence-corrected chi connectivity index (χ1v) is 9.77. The molecule has 1 aliphatic heterocycles. The van der Waals surface area contributed by atoms with Crippen LogP contribution in [0.1, 0.15) is 24.0 Å². The van der Waals surface area contributed by atoms with Gasteiger partial charge in [-0.05, 0) is 30.0 Å². The third-order valence-electron chi connectivity index (χ3n) is 5.27. The molecule has 1 aliphatic rings. The molecule has 4 nitrogen and oxygen atoms in total. The number of amides is 1. The molecule has 4 heteroatoms. The van der Waals surface area contributed by atoms with Crippen LogP contribution in [0.5, 0.6) is 0 Å². The highest BCUT2D eigenvalue weighted by molar-refractivity contribution is 5.84. The van der Waals surface area contributed by atoms with Crippen LogP contribution in [-0.4, -0.2) is 41.7 Å². The largest absolute Gasteiger partial charge is 0.378 e. The lowest BCUT2D eigenvalue weighted by Gasteiger charge is -2.26. The fourth-order valence-electron chi connectivity index (χ4n) is 3.83. The highest BCUT2D eigenvalue weighted by Crippen LogP contribution is 2.24. The lowest BCUT2D eigenvalue weighted by molar-refractivity contribution is -0.135. The third-order valence-corrected chi connectivity index (χ3v) is 5.27. The number of benzene rings is 2. The van der Waals surface area contributed by atoms with E-state index in [1.807, 2.05) is 11.0 Å². The number of morpholine rings is 1. The van der Waals surface area contributed by atoms with Gasteiger partial charge in [0.25, 0.3) is 0 Å². The quantitative estimate of drug-likeness (QED) is 0.667. The minimum Gasteiger partial charge on any atom is -0.378 e. The molecule has 0 spiro atoms. The monoisotopic (exact) mass is 362 g/mol. The van der Waals surface area contributed by atoms with Crippen LogP contribution in [0.2, 0.25) is 0 Å². The highest BCUT2D eigenvalue weighted by atomic mass is 16.5. The Labute approximate surface area is 160 Å². The van der Waals surface area contributed by atoms with E-state index in [4.69, 9.17) is 4.74 Å². The molecule has 140 valence electrons. The van der Waals surface area contributed by atoms with Crippen molar-refractivity contribution in [1.29, 1.82) is 0 Å². The van der Waals surface area contributed by atoms with Crippen LogP contribution in [0.3, 0.4) is 0 Å². The molecular weight excluding hydrogens is 336 g/mol. The van der Waals surface area contributed by atoms with Gasteiger partial charge in [0.2, 0.25) is 5.91 Å². The Balaban J connectivity index is 1.44. The van der Waals surface area contributed by atoms with Gasteiger partial charge in [-0.3, -0.25) is 4.79 Å². The van der Waals surface area contributed by atoms with Crippen molar-refractivity contribution in [3.05, 3.63) is 71.9 Å². The molecular formula is C23H26N2O2. The van der Waals surface area contributed by atoms with E-state index >= 15 is 0 Å². The summed E-state index contributed by atoms with van der Waals surface area (Å²) in [6.07, 6.45) is 4.68. The SMILES string of the molecule is O=C(CCCc1cn(Cc2ccccc2)c2ccccc12)N1CCOCC1. The Morgan fingerprint density at radius 3 is 2.52 bits per heavy atom. The van der Waals surface area contributed by atoms with Crippen LogP contribution in [0.4, 0.5) is 0 Å². The Bertz CT molecular complexity index is 895. The average molecular weight is 362 g/mol. The fraction of sp³-hybridized carbons (Fsp3) is 0.348. The summed E-state index contributed by atoms with van der Waals surface area (Å²) in [6.45, 7) is 3.66. The molecule has 0 saturated carbocycles. The topological polar surface area (TPSA) is 34.5 Å². The molecule has 1 aromatic heterocycles. The van der Waals surface area contributed by atoms with Gasteiger partial charge < -0.3 is 14.2 Å². The second-order valence-electron chi connectivity index (χ2n) is 7.13. The number of hydrogen-bond acceptors (Lipinski definition) is 2. The zero-order valence-electron chi connectivity index (χ0n) is 15.6. The van der Waals surface area contributed by atoms with E-state index in [0.717, 1.165) is 32.5 Å². The summed E-state index contributed by atoms with van der Waals surface area (Å²) in [5, 5.41) is 1.30. The van der Waals surface area contributed by atoms with Crippen molar-refractivity contribution < 1.29 is 9.53 Å². The molecule has 4 rings (SSSR count). The smallest absolute Gasteiger partial charge is 0.222 e. The summed E-state index contributed by atoms with van der Waals surface area (Å²) in [7, 11) is 0. The van der Waals surface area contributed by atoms with Crippen LogP contribution < -0.4 is 0 Å². The van der Waals surface area contributed by atoms with Gasteiger partial charge in [0.05, 0.1) is 13.2 Å². The Morgan fingerprint density at radius 1 is 0.963 bits per heavy atom. The van der Waals surface area contributed by atoms with E-state index in [0.29, 0.717) is 19.6 Å². The number of hydrogen-bond donors (Lipinski definition) is 0. The number of nitrogens with zero attached hydrogens (tertiary/aromatic N) is 2. The molecule has 0 bridgehead atoms. The summed E-state index contributed by atoms with van der Waals surface area (Å²) in [6, 6.07) is 19.1.